The van der Waals surface area contributed by atoms with Crippen LogP contribution < -0.4 is 5.32 Å². The number of carbonyl (C=O) groups is 2. The summed E-state index contributed by atoms with van der Waals surface area (Å²) >= 11 is 0. The van der Waals surface area contributed by atoms with Crippen LogP contribution in [0.25, 0.3) is 0 Å². The summed E-state index contributed by atoms with van der Waals surface area (Å²) in [5.74, 6) is -1.19. The number of ether oxygens (including phenoxy) is 1. The predicted octanol–water partition coefficient (Wildman–Crippen LogP) is 0.454. The van der Waals surface area contributed by atoms with Crippen LogP contribution >= 0.6 is 0 Å². The number of nitrogens with one attached hydrogen (secondary N) is 1. The van der Waals surface area contributed by atoms with Crippen molar-refractivity contribution in [2.24, 2.45) is 0 Å². The Morgan fingerprint density at radius 3 is 2.16 bits per heavy atom. The van der Waals surface area contributed by atoms with Gasteiger partial charge in [0.1, 0.15) is 0 Å². The molecule has 0 radical (unpaired) electrons. The SMILES string of the molecule is CO[Si](CCCNC(=O)OC(C)C(=O)O)(OC)OC. The van der Waals surface area contributed by atoms with Crippen LogP contribution in [0.4, 0.5) is 4.79 Å². The maximum Gasteiger partial charge on any atom is 0.500 e. The summed E-state index contributed by atoms with van der Waals surface area (Å²) in [7, 11) is 1.90. The Labute approximate surface area is 113 Å². The monoisotopic (exact) mass is 295 g/mol. The molecule has 0 aliphatic heterocycles. The zero-order valence-electron chi connectivity index (χ0n) is 11.6. The van der Waals surface area contributed by atoms with Gasteiger partial charge < -0.3 is 28.4 Å². The Hall–Kier alpha value is -1.16. The fourth-order valence-electron chi connectivity index (χ4n) is 1.30. The van der Waals surface area contributed by atoms with Crippen molar-refractivity contribution < 1.29 is 32.7 Å². The molecule has 9 heteroatoms. The molecule has 19 heavy (non-hydrogen) atoms. The van der Waals surface area contributed by atoms with Gasteiger partial charge in [0.25, 0.3) is 0 Å². The molecule has 0 heterocycles. The molecule has 1 atom stereocenters. The molecule has 1 amide bonds. The van der Waals surface area contributed by atoms with Crippen LogP contribution in [-0.2, 0) is 22.8 Å². The Morgan fingerprint density at radius 2 is 1.74 bits per heavy atom. The summed E-state index contributed by atoms with van der Waals surface area (Å²) in [5, 5.41) is 11.0. The standard InChI is InChI=1S/C10H21NO7Si/c1-8(9(12)13)18-10(14)11-6-5-7-19(15-2,16-3)17-4/h8H,5-7H2,1-4H3,(H,11,14)(H,12,13). The number of carboxylic acids is 1. The van der Waals surface area contributed by atoms with Crippen LogP contribution in [0, 0.1) is 0 Å². The highest BCUT2D eigenvalue weighted by Gasteiger charge is 2.36. The maximum atomic E-state index is 11.2. The lowest BCUT2D eigenvalue weighted by atomic mass is 10.4. The van der Waals surface area contributed by atoms with E-state index in [0.717, 1.165) is 0 Å². The number of amides is 1. The molecule has 8 nitrogen and oxygen atoms in total. The summed E-state index contributed by atoms with van der Waals surface area (Å²) in [4.78, 5) is 21.7. The first-order valence-corrected chi connectivity index (χ1v) is 7.66. The van der Waals surface area contributed by atoms with E-state index < -0.39 is 27.0 Å². The number of carboxylic acid groups (broad SMARTS) is 1. The zero-order valence-corrected chi connectivity index (χ0v) is 12.6. The van der Waals surface area contributed by atoms with Crippen LogP contribution in [0.1, 0.15) is 13.3 Å². The second kappa shape index (κ2) is 8.86. The normalized spacial score (nSPS) is 12.8. The third kappa shape index (κ3) is 6.52. The second-order valence-corrected chi connectivity index (χ2v) is 6.80. The molecule has 0 aromatic carbocycles. The molecule has 0 fully saturated rings. The van der Waals surface area contributed by atoms with Crippen molar-refractivity contribution in [3.05, 3.63) is 0 Å². The van der Waals surface area contributed by atoms with Gasteiger partial charge in [0.2, 0.25) is 0 Å². The van der Waals surface area contributed by atoms with Crippen LogP contribution in [-0.4, -0.2) is 60.0 Å². The summed E-state index contributed by atoms with van der Waals surface area (Å²) < 4.78 is 20.2. The quantitative estimate of drug-likeness (QED) is 0.470. The first-order chi connectivity index (χ1) is 8.90. The average molecular weight is 295 g/mol. The molecule has 0 rings (SSSR count). The fraction of sp³-hybridized carbons (Fsp3) is 0.800. The molecular weight excluding hydrogens is 274 g/mol. The first kappa shape index (κ1) is 17.8. The number of alkyl carbamates (subject to hydrolysis) is 1. The molecule has 0 bridgehead atoms. The third-order valence-electron chi connectivity index (χ3n) is 2.49. The minimum Gasteiger partial charge on any atom is -0.479 e. The van der Waals surface area contributed by atoms with Gasteiger partial charge in [-0.25, -0.2) is 9.59 Å². The van der Waals surface area contributed by atoms with E-state index in [1.807, 2.05) is 0 Å². The van der Waals surface area contributed by atoms with Crippen molar-refractivity contribution >= 4 is 20.9 Å². The maximum absolute atomic E-state index is 11.2. The molecule has 2 N–H and O–H groups in total. The van der Waals surface area contributed by atoms with Crippen molar-refractivity contribution in [3.63, 3.8) is 0 Å². The predicted molar refractivity (Wildman–Crippen MR) is 67.8 cm³/mol. The Kier molecular flexibility index (Phi) is 8.31. The molecule has 1 unspecified atom stereocenters. The number of hydrogen-bond acceptors (Lipinski definition) is 6. The highest BCUT2D eigenvalue weighted by atomic mass is 28.4. The van der Waals surface area contributed by atoms with E-state index in [2.05, 4.69) is 10.1 Å². The van der Waals surface area contributed by atoms with Crippen molar-refractivity contribution in [1.29, 1.82) is 0 Å². The van der Waals surface area contributed by atoms with Crippen LogP contribution in [0.2, 0.25) is 6.04 Å². The lowest BCUT2D eigenvalue weighted by Gasteiger charge is -2.24. The summed E-state index contributed by atoms with van der Waals surface area (Å²) in [6.07, 6.45) is -1.38. The Bertz CT molecular complexity index is 287. The zero-order chi connectivity index (χ0) is 14.9. The Balaban J connectivity index is 3.91. The highest BCUT2D eigenvalue weighted by molar-refractivity contribution is 6.60. The number of carbonyl (C=O) groups excluding carboxylic acids is 1. The van der Waals surface area contributed by atoms with Crippen molar-refractivity contribution in [1.82, 2.24) is 5.32 Å². The van der Waals surface area contributed by atoms with Gasteiger partial charge in [-0.1, -0.05) is 0 Å². The highest BCUT2D eigenvalue weighted by Crippen LogP contribution is 2.14. The van der Waals surface area contributed by atoms with Crippen molar-refractivity contribution in [2.45, 2.75) is 25.5 Å². The molecule has 0 aliphatic carbocycles. The van der Waals surface area contributed by atoms with E-state index >= 15 is 0 Å². The lowest BCUT2D eigenvalue weighted by molar-refractivity contribution is -0.145. The van der Waals surface area contributed by atoms with E-state index in [1.54, 1.807) is 0 Å². The molecule has 0 aromatic rings. The minimum absolute atomic E-state index is 0.315. The largest absolute Gasteiger partial charge is 0.500 e. The number of aliphatic carboxylic acids is 1. The van der Waals surface area contributed by atoms with Gasteiger partial charge >= 0.3 is 20.9 Å². The van der Waals surface area contributed by atoms with Gasteiger partial charge in [0.05, 0.1) is 0 Å². The molecule has 112 valence electrons. The number of rotatable bonds is 9. The summed E-state index contributed by atoms with van der Waals surface area (Å²) in [5.41, 5.74) is 0. The van der Waals surface area contributed by atoms with Crippen LogP contribution in [0.15, 0.2) is 0 Å². The van der Waals surface area contributed by atoms with Gasteiger partial charge in [0.15, 0.2) is 6.10 Å². The first-order valence-electron chi connectivity index (χ1n) is 5.73. The van der Waals surface area contributed by atoms with Gasteiger partial charge in [0, 0.05) is 33.9 Å². The van der Waals surface area contributed by atoms with Crippen molar-refractivity contribution in [2.75, 3.05) is 27.9 Å². The van der Waals surface area contributed by atoms with Gasteiger partial charge in [-0.05, 0) is 13.3 Å². The molecular formula is C10H21NO7Si. The van der Waals surface area contributed by atoms with E-state index in [-0.39, 0.29) is 0 Å². The van der Waals surface area contributed by atoms with E-state index in [4.69, 9.17) is 18.4 Å². The fourth-order valence-corrected chi connectivity index (χ4v) is 3.03. The molecule has 0 spiro atoms. The molecule has 0 saturated heterocycles. The molecule has 0 saturated carbocycles. The van der Waals surface area contributed by atoms with E-state index in [1.165, 1.54) is 28.3 Å². The minimum atomic E-state index is -2.63. The van der Waals surface area contributed by atoms with E-state index in [9.17, 15) is 9.59 Å². The van der Waals surface area contributed by atoms with Gasteiger partial charge in [-0.15, -0.1) is 0 Å². The lowest BCUT2D eigenvalue weighted by Crippen LogP contribution is -2.43. The summed E-state index contributed by atoms with van der Waals surface area (Å²) in [6, 6.07) is 0.533. The third-order valence-corrected chi connectivity index (χ3v) is 5.33. The van der Waals surface area contributed by atoms with Crippen LogP contribution in [0.3, 0.4) is 0 Å². The van der Waals surface area contributed by atoms with Gasteiger partial charge in [-0.2, -0.15) is 0 Å². The van der Waals surface area contributed by atoms with E-state index in [0.29, 0.717) is 19.0 Å². The number of hydrogen-bond donors (Lipinski definition) is 2. The summed E-state index contributed by atoms with van der Waals surface area (Å²) in [6.45, 7) is 1.59. The van der Waals surface area contributed by atoms with Gasteiger partial charge in [-0.3, -0.25) is 0 Å². The van der Waals surface area contributed by atoms with Crippen LogP contribution in [0.5, 0.6) is 0 Å². The second-order valence-electron chi connectivity index (χ2n) is 3.71. The molecule has 0 aliphatic rings. The smallest absolute Gasteiger partial charge is 0.479 e. The Morgan fingerprint density at radius 1 is 1.21 bits per heavy atom. The molecule has 0 aromatic heterocycles. The average Bonchev–Trinajstić information content (AvgIpc) is 2.39. The topological polar surface area (TPSA) is 103 Å². The van der Waals surface area contributed by atoms with Crippen molar-refractivity contribution in [3.8, 4) is 0 Å².